The van der Waals surface area contributed by atoms with Crippen molar-refractivity contribution < 1.29 is 15.0 Å². The van der Waals surface area contributed by atoms with Gasteiger partial charge in [0.25, 0.3) is 0 Å². The van der Waals surface area contributed by atoms with Crippen molar-refractivity contribution in [3.63, 3.8) is 0 Å². The molecule has 0 bridgehead atoms. The maximum Gasteiger partial charge on any atom is 0.196 e. The molecule has 0 saturated heterocycles. The Morgan fingerprint density at radius 2 is 2.43 bits per heavy atom. The Morgan fingerprint density at radius 1 is 1.71 bits per heavy atom. The second kappa shape index (κ2) is 2.36. The number of hydrogen-bond donors (Lipinski definition) is 0. The Bertz CT molecular complexity index is 95.1. The van der Waals surface area contributed by atoms with Crippen LogP contribution in [0, 0.1) is 0 Å². The number of hydrogen-bond acceptors (Lipinski definition) is 2. The fraction of sp³-hybridized carbons (Fsp3) is 0.250. The van der Waals surface area contributed by atoms with E-state index in [4.69, 9.17) is 0 Å². The highest BCUT2D eigenvalue weighted by Crippen LogP contribution is 1.89. The summed E-state index contributed by atoms with van der Waals surface area (Å²) in [5, 5.41) is 0. The van der Waals surface area contributed by atoms with Crippen LogP contribution in [0.3, 0.4) is 0 Å². The summed E-state index contributed by atoms with van der Waals surface area (Å²) in [7, 11) is 0. The van der Waals surface area contributed by atoms with E-state index in [0.717, 1.165) is 0 Å². The molecule has 1 aliphatic rings. The molecule has 2 N–H and O–H groups in total. The molecule has 0 spiro atoms. The third kappa shape index (κ3) is 1.36. The van der Waals surface area contributed by atoms with Crippen LogP contribution in [0.1, 0.15) is 0 Å². The molecule has 0 aliphatic carbocycles. The van der Waals surface area contributed by atoms with Crippen molar-refractivity contribution in [2.75, 3.05) is 6.61 Å². The van der Waals surface area contributed by atoms with Crippen LogP contribution in [0.25, 0.3) is 0 Å². The molecule has 0 saturated carbocycles. The molecular weight excluding hydrogens is 96.0 g/mol. The lowest BCUT2D eigenvalue weighted by Crippen LogP contribution is -1.91. The smallest absolute Gasteiger partial charge is 0.196 e. The molecule has 3 heteroatoms. The van der Waals surface area contributed by atoms with Gasteiger partial charge in [-0.2, -0.15) is 0 Å². The molecule has 0 radical (unpaired) electrons. The first-order chi connectivity index (χ1) is 2.89. The standard InChI is InChI=1S/C4H4O2.H2O/c5-4-1-2-6-3-4;/h1-2H,3H2;1H2. The van der Waals surface area contributed by atoms with E-state index in [2.05, 4.69) is 4.74 Å². The minimum absolute atomic E-state index is 0. The normalized spacial score (nSPS) is 15.7. The van der Waals surface area contributed by atoms with E-state index in [1.54, 1.807) is 0 Å². The quantitative estimate of drug-likeness (QED) is 0.405. The van der Waals surface area contributed by atoms with Gasteiger partial charge in [0.1, 0.15) is 6.61 Å². The first-order valence-corrected chi connectivity index (χ1v) is 1.70. The summed E-state index contributed by atoms with van der Waals surface area (Å²) in [6, 6.07) is 0. The third-order valence-corrected chi connectivity index (χ3v) is 0.576. The molecule has 0 amide bonds. The fourth-order valence-electron chi connectivity index (χ4n) is 0.302. The van der Waals surface area contributed by atoms with Crippen molar-refractivity contribution in [1.82, 2.24) is 0 Å². The van der Waals surface area contributed by atoms with Crippen molar-refractivity contribution in [3.8, 4) is 0 Å². The van der Waals surface area contributed by atoms with E-state index in [9.17, 15) is 4.79 Å². The van der Waals surface area contributed by atoms with Crippen LogP contribution in [0.5, 0.6) is 0 Å². The summed E-state index contributed by atoms with van der Waals surface area (Å²) >= 11 is 0. The van der Waals surface area contributed by atoms with Gasteiger partial charge in [-0.3, -0.25) is 4.79 Å². The van der Waals surface area contributed by atoms with Crippen LogP contribution in [-0.2, 0) is 9.53 Å². The summed E-state index contributed by atoms with van der Waals surface area (Å²) in [5.41, 5.74) is 0. The molecule has 0 aromatic heterocycles. The Labute approximate surface area is 40.9 Å². The van der Waals surface area contributed by atoms with E-state index in [1.165, 1.54) is 12.3 Å². The molecule has 3 nitrogen and oxygen atoms in total. The average Bonchev–Trinajstić information content (AvgIpc) is 1.86. The van der Waals surface area contributed by atoms with Crippen LogP contribution >= 0.6 is 0 Å². The van der Waals surface area contributed by atoms with Crippen LogP contribution < -0.4 is 0 Å². The summed E-state index contributed by atoms with van der Waals surface area (Å²) in [6.07, 6.45) is 2.82. The average molecular weight is 102 g/mol. The molecule has 0 fully saturated rings. The van der Waals surface area contributed by atoms with E-state index < -0.39 is 0 Å². The Balaban J connectivity index is 0.000000360. The third-order valence-electron chi connectivity index (χ3n) is 0.576. The summed E-state index contributed by atoms with van der Waals surface area (Å²) < 4.78 is 4.53. The fourth-order valence-corrected chi connectivity index (χ4v) is 0.302. The lowest BCUT2D eigenvalue weighted by Gasteiger charge is -1.79. The van der Waals surface area contributed by atoms with Crippen molar-refractivity contribution in [1.29, 1.82) is 0 Å². The highest BCUT2D eigenvalue weighted by Gasteiger charge is 1.99. The van der Waals surface area contributed by atoms with E-state index >= 15 is 0 Å². The highest BCUT2D eigenvalue weighted by atomic mass is 16.5. The first kappa shape index (κ1) is 6.17. The van der Waals surface area contributed by atoms with Crippen molar-refractivity contribution in [3.05, 3.63) is 12.3 Å². The zero-order valence-electron chi connectivity index (χ0n) is 3.68. The van der Waals surface area contributed by atoms with Crippen molar-refractivity contribution in [2.24, 2.45) is 0 Å². The summed E-state index contributed by atoms with van der Waals surface area (Å²) in [6.45, 7) is 0.236. The number of ketones is 1. The predicted octanol–water partition coefficient (Wildman–Crippen LogP) is -0.725. The Kier molecular flexibility index (Phi) is 2.08. The maximum absolute atomic E-state index is 10.0. The topological polar surface area (TPSA) is 57.8 Å². The van der Waals surface area contributed by atoms with Crippen molar-refractivity contribution in [2.45, 2.75) is 0 Å². The second-order valence-corrected chi connectivity index (χ2v) is 1.08. The van der Waals surface area contributed by atoms with Gasteiger partial charge in [-0.05, 0) is 0 Å². The molecule has 40 valence electrons. The van der Waals surface area contributed by atoms with Gasteiger partial charge in [-0.1, -0.05) is 0 Å². The zero-order chi connectivity index (χ0) is 4.41. The number of ether oxygens (including phenoxy) is 1. The zero-order valence-corrected chi connectivity index (χ0v) is 3.68. The van der Waals surface area contributed by atoms with Gasteiger partial charge in [0.15, 0.2) is 5.78 Å². The second-order valence-electron chi connectivity index (χ2n) is 1.08. The molecule has 1 rings (SSSR count). The van der Waals surface area contributed by atoms with Crippen LogP contribution in [0.15, 0.2) is 12.3 Å². The number of carbonyl (C=O) groups excluding carboxylic acids is 1. The van der Waals surface area contributed by atoms with E-state index in [-0.39, 0.29) is 17.9 Å². The first-order valence-electron chi connectivity index (χ1n) is 1.70. The number of carbonyl (C=O) groups is 1. The van der Waals surface area contributed by atoms with Crippen molar-refractivity contribution >= 4 is 5.78 Å². The van der Waals surface area contributed by atoms with Crippen LogP contribution in [0.2, 0.25) is 0 Å². The van der Waals surface area contributed by atoms with Gasteiger partial charge < -0.3 is 10.2 Å². The molecule has 0 unspecified atom stereocenters. The summed E-state index contributed by atoms with van der Waals surface area (Å²) in [4.78, 5) is 10.0. The molecule has 0 aromatic carbocycles. The minimum atomic E-state index is 0. The molecule has 7 heavy (non-hydrogen) atoms. The van der Waals surface area contributed by atoms with Gasteiger partial charge in [-0.25, -0.2) is 0 Å². The van der Waals surface area contributed by atoms with Crippen LogP contribution in [0.4, 0.5) is 0 Å². The van der Waals surface area contributed by atoms with Gasteiger partial charge in [0.05, 0.1) is 6.26 Å². The molecule has 0 atom stereocenters. The Hall–Kier alpha value is -0.830. The Morgan fingerprint density at radius 3 is 2.57 bits per heavy atom. The van der Waals surface area contributed by atoms with Gasteiger partial charge in [-0.15, -0.1) is 0 Å². The van der Waals surface area contributed by atoms with E-state index in [0.29, 0.717) is 0 Å². The lowest BCUT2D eigenvalue weighted by molar-refractivity contribution is -0.115. The highest BCUT2D eigenvalue weighted by molar-refractivity contribution is 5.92. The van der Waals surface area contributed by atoms with Gasteiger partial charge in [0, 0.05) is 6.08 Å². The van der Waals surface area contributed by atoms with E-state index in [1.807, 2.05) is 0 Å². The monoisotopic (exact) mass is 102 g/mol. The van der Waals surface area contributed by atoms with Gasteiger partial charge in [0.2, 0.25) is 0 Å². The molecule has 1 heterocycles. The van der Waals surface area contributed by atoms with Crippen LogP contribution in [-0.4, -0.2) is 17.9 Å². The predicted molar refractivity (Wildman–Crippen MR) is 23.7 cm³/mol. The minimum Gasteiger partial charge on any atom is -0.493 e. The SMILES string of the molecule is O.O=C1C=COC1. The largest absolute Gasteiger partial charge is 0.493 e. The van der Waals surface area contributed by atoms with Gasteiger partial charge >= 0.3 is 0 Å². The lowest BCUT2D eigenvalue weighted by atomic mass is 10.5. The molecular formula is C4H6O3. The number of rotatable bonds is 0. The summed E-state index contributed by atoms with van der Waals surface area (Å²) in [5.74, 6) is 0.0509. The molecule has 0 aromatic rings. The molecule has 1 aliphatic heterocycles. The maximum atomic E-state index is 10.0.